The van der Waals surface area contributed by atoms with Gasteiger partial charge in [-0.2, -0.15) is 5.10 Å². The Balaban J connectivity index is 1.84. The molecule has 25 heavy (non-hydrogen) atoms. The lowest BCUT2D eigenvalue weighted by atomic mass is 9.86. The molecule has 134 valence electrons. The first-order valence-electron chi connectivity index (χ1n) is 8.35. The summed E-state index contributed by atoms with van der Waals surface area (Å²) in [5.41, 5.74) is 0.336. The van der Waals surface area contributed by atoms with Gasteiger partial charge in [0.15, 0.2) is 5.65 Å². The van der Waals surface area contributed by atoms with Gasteiger partial charge in [0.05, 0.1) is 23.7 Å². The summed E-state index contributed by atoms with van der Waals surface area (Å²) in [5, 5.41) is 17.2. The van der Waals surface area contributed by atoms with Gasteiger partial charge in [-0.15, -0.1) is 0 Å². The average molecular weight is 346 g/mol. The van der Waals surface area contributed by atoms with Crippen LogP contribution in [0.15, 0.2) is 18.5 Å². The van der Waals surface area contributed by atoms with Crippen molar-refractivity contribution in [3.8, 4) is 0 Å². The van der Waals surface area contributed by atoms with Crippen LogP contribution in [0, 0.1) is 0 Å². The molecule has 0 aromatic carbocycles. The van der Waals surface area contributed by atoms with Crippen LogP contribution in [-0.4, -0.2) is 50.5 Å². The number of carbonyl (C=O) groups is 2. The van der Waals surface area contributed by atoms with Gasteiger partial charge in [-0.05, 0) is 32.8 Å². The summed E-state index contributed by atoms with van der Waals surface area (Å²) in [6.07, 6.45) is 4.02. The van der Waals surface area contributed by atoms with Crippen LogP contribution in [0.1, 0.15) is 49.5 Å². The van der Waals surface area contributed by atoms with E-state index in [1.54, 1.807) is 16.9 Å². The molecule has 1 fully saturated rings. The number of pyridine rings is 1. The molecule has 3 rings (SSSR count). The first-order chi connectivity index (χ1) is 11.9. The van der Waals surface area contributed by atoms with E-state index in [2.05, 4.69) is 15.4 Å². The highest BCUT2D eigenvalue weighted by Gasteiger charge is 2.36. The SMILES string of the molecule is CC(C)n1ncc2cc(C(=O)NC3(CC(=O)O)CCOCC3)cnc21. The van der Waals surface area contributed by atoms with Crippen LogP contribution in [0.25, 0.3) is 11.0 Å². The summed E-state index contributed by atoms with van der Waals surface area (Å²) in [7, 11) is 0. The fourth-order valence-corrected chi connectivity index (χ4v) is 3.15. The number of nitrogens with one attached hydrogen (secondary N) is 1. The molecule has 1 aliphatic heterocycles. The molecule has 2 aromatic rings. The zero-order valence-electron chi connectivity index (χ0n) is 14.4. The fraction of sp³-hybridized carbons (Fsp3) is 0.529. The first-order valence-corrected chi connectivity index (χ1v) is 8.35. The first kappa shape index (κ1) is 17.3. The molecule has 2 aromatic heterocycles. The Morgan fingerprint density at radius 2 is 2.08 bits per heavy atom. The second-order valence-electron chi connectivity index (χ2n) is 6.74. The predicted octanol–water partition coefficient (Wildman–Crippen LogP) is 1.77. The Labute approximate surface area is 145 Å². The van der Waals surface area contributed by atoms with Crippen LogP contribution in [-0.2, 0) is 9.53 Å². The van der Waals surface area contributed by atoms with Crippen molar-refractivity contribution in [2.45, 2.75) is 44.7 Å². The molecule has 0 atom stereocenters. The molecule has 0 bridgehead atoms. The number of aromatic nitrogens is 3. The number of carbonyl (C=O) groups excluding carboxylic acids is 1. The molecule has 0 unspecified atom stereocenters. The molecule has 0 radical (unpaired) electrons. The standard InChI is InChI=1S/C17H22N4O4/c1-11(2)21-15-12(10-19-21)7-13(9-18-15)16(24)20-17(8-14(22)23)3-5-25-6-4-17/h7,9-11H,3-6,8H2,1-2H3,(H,20,24)(H,22,23). The zero-order valence-corrected chi connectivity index (χ0v) is 14.4. The Morgan fingerprint density at radius 1 is 1.36 bits per heavy atom. The Hall–Kier alpha value is -2.48. The number of aliphatic carboxylic acids is 1. The van der Waals surface area contributed by atoms with Crippen LogP contribution < -0.4 is 5.32 Å². The number of nitrogens with zero attached hydrogens (tertiary/aromatic N) is 3. The van der Waals surface area contributed by atoms with E-state index in [1.807, 2.05) is 13.8 Å². The molecule has 0 saturated carbocycles. The highest BCUT2D eigenvalue weighted by Crippen LogP contribution is 2.25. The van der Waals surface area contributed by atoms with Gasteiger partial charge in [0, 0.05) is 30.8 Å². The van der Waals surface area contributed by atoms with Crippen molar-refractivity contribution >= 4 is 22.9 Å². The lowest BCUT2D eigenvalue weighted by Crippen LogP contribution is -2.53. The summed E-state index contributed by atoms with van der Waals surface area (Å²) in [6.45, 7) is 4.89. The lowest BCUT2D eigenvalue weighted by Gasteiger charge is -2.36. The van der Waals surface area contributed by atoms with Crippen molar-refractivity contribution in [2.75, 3.05) is 13.2 Å². The fourth-order valence-electron chi connectivity index (χ4n) is 3.15. The smallest absolute Gasteiger partial charge is 0.305 e. The monoisotopic (exact) mass is 346 g/mol. The topological polar surface area (TPSA) is 106 Å². The number of hydrogen-bond acceptors (Lipinski definition) is 5. The summed E-state index contributed by atoms with van der Waals surface area (Å²) in [5.74, 6) is -1.26. The van der Waals surface area contributed by atoms with Gasteiger partial charge >= 0.3 is 5.97 Å². The van der Waals surface area contributed by atoms with E-state index in [1.165, 1.54) is 6.20 Å². The van der Waals surface area contributed by atoms with E-state index in [0.29, 0.717) is 31.6 Å². The molecule has 8 nitrogen and oxygen atoms in total. The number of ether oxygens (including phenoxy) is 1. The number of fused-ring (bicyclic) bond motifs is 1. The van der Waals surface area contributed by atoms with E-state index in [-0.39, 0.29) is 18.4 Å². The third-order valence-electron chi connectivity index (χ3n) is 4.50. The second-order valence-corrected chi connectivity index (χ2v) is 6.74. The Morgan fingerprint density at radius 3 is 2.72 bits per heavy atom. The number of hydrogen-bond donors (Lipinski definition) is 2. The van der Waals surface area contributed by atoms with E-state index >= 15 is 0 Å². The van der Waals surface area contributed by atoms with Gasteiger partial charge in [0.2, 0.25) is 0 Å². The summed E-state index contributed by atoms with van der Waals surface area (Å²) >= 11 is 0. The third-order valence-corrected chi connectivity index (χ3v) is 4.50. The van der Waals surface area contributed by atoms with E-state index in [0.717, 1.165) is 11.0 Å². The van der Waals surface area contributed by atoms with Crippen LogP contribution in [0.4, 0.5) is 0 Å². The Kier molecular flexibility index (Phi) is 4.71. The zero-order chi connectivity index (χ0) is 18.0. The van der Waals surface area contributed by atoms with Crippen LogP contribution in [0.5, 0.6) is 0 Å². The molecule has 3 heterocycles. The highest BCUT2D eigenvalue weighted by atomic mass is 16.5. The quantitative estimate of drug-likeness (QED) is 0.854. The number of carboxylic acids is 1. The van der Waals surface area contributed by atoms with Crippen LogP contribution in [0.3, 0.4) is 0 Å². The second kappa shape index (κ2) is 6.79. The Bertz CT molecular complexity index is 793. The van der Waals surface area contributed by atoms with Crippen molar-refractivity contribution in [3.05, 3.63) is 24.0 Å². The molecule has 1 aliphatic rings. The van der Waals surface area contributed by atoms with Crippen LogP contribution >= 0.6 is 0 Å². The van der Waals surface area contributed by atoms with Gasteiger partial charge < -0.3 is 15.2 Å². The van der Waals surface area contributed by atoms with Gasteiger partial charge in [0.1, 0.15) is 0 Å². The lowest BCUT2D eigenvalue weighted by molar-refractivity contribution is -0.139. The number of rotatable bonds is 5. The maximum atomic E-state index is 12.7. The molecule has 0 spiro atoms. The average Bonchev–Trinajstić information content (AvgIpc) is 2.98. The molecule has 2 N–H and O–H groups in total. The van der Waals surface area contributed by atoms with Gasteiger partial charge in [-0.25, -0.2) is 9.67 Å². The molecule has 1 saturated heterocycles. The minimum absolute atomic E-state index is 0.122. The highest BCUT2D eigenvalue weighted by molar-refractivity contribution is 5.97. The van der Waals surface area contributed by atoms with Gasteiger partial charge in [-0.1, -0.05) is 0 Å². The van der Waals surface area contributed by atoms with Gasteiger partial charge in [0.25, 0.3) is 5.91 Å². The number of amides is 1. The van der Waals surface area contributed by atoms with E-state index < -0.39 is 11.5 Å². The normalized spacial score (nSPS) is 16.9. The molecular formula is C17H22N4O4. The molecular weight excluding hydrogens is 324 g/mol. The van der Waals surface area contributed by atoms with E-state index in [4.69, 9.17) is 4.74 Å². The van der Waals surface area contributed by atoms with Crippen LogP contribution in [0.2, 0.25) is 0 Å². The minimum Gasteiger partial charge on any atom is -0.481 e. The van der Waals surface area contributed by atoms with Crippen molar-refractivity contribution in [1.82, 2.24) is 20.1 Å². The maximum absolute atomic E-state index is 12.7. The molecule has 0 aliphatic carbocycles. The third kappa shape index (κ3) is 3.63. The van der Waals surface area contributed by atoms with Crippen molar-refractivity contribution in [3.63, 3.8) is 0 Å². The number of carboxylic acid groups (broad SMARTS) is 1. The predicted molar refractivity (Wildman–Crippen MR) is 90.4 cm³/mol. The summed E-state index contributed by atoms with van der Waals surface area (Å²) in [6, 6.07) is 1.91. The van der Waals surface area contributed by atoms with Crippen molar-refractivity contribution < 1.29 is 19.4 Å². The van der Waals surface area contributed by atoms with Gasteiger partial charge in [-0.3, -0.25) is 9.59 Å². The van der Waals surface area contributed by atoms with E-state index in [9.17, 15) is 14.7 Å². The van der Waals surface area contributed by atoms with Crippen molar-refractivity contribution in [2.24, 2.45) is 0 Å². The summed E-state index contributed by atoms with van der Waals surface area (Å²) in [4.78, 5) is 28.2. The minimum atomic E-state index is -0.936. The maximum Gasteiger partial charge on any atom is 0.305 e. The largest absolute Gasteiger partial charge is 0.481 e. The molecule has 1 amide bonds. The van der Waals surface area contributed by atoms with Crippen molar-refractivity contribution in [1.29, 1.82) is 0 Å². The summed E-state index contributed by atoms with van der Waals surface area (Å²) < 4.78 is 7.10. The molecule has 8 heteroatoms.